The molecule has 0 aromatic rings. The van der Waals surface area contributed by atoms with E-state index in [4.69, 9.17) is 10.2 Å². The van der Waals surface area contributed by atoms with Gasteiger partial charge in [-0.05, 0) is 0 Å². The zero-order valence-electron chi connectivity index (χ0n) is 5.18. The van der Waals surface area contributed by atoms with Crippen molar-refractivity contribution >= 4 is 35.8 Å². The molecule has 0 bridgehead atoms. The van der Waals surface area contributed by atoms with Crippen LogP contribution >= 0.6 is 0 Å². The van der Waals surface area contributed by atoms with Crippen molar-refractivity contribution in [3.8, 4) is 0 Å². The number of hydrogen-bond donors (Lipinski definition) is 2. The molecular weight excluding hydrogens is 263 g/mol. The Balaban J connectivity index is 0. The molecule has 0 spiro atoms. The second-order valence-electron chi connectivity index (χ2n) is 1.53. The maximum atomic E-state index is 9.63. The van der Waals surface area contributed by atoms with E-state index in [0.717, 1.165) is 0 Å². The second-order valence-corrected chi connectivity index (χ2v) is 1.53. The summed E-state index contributed by atoms with van der Waals surface area (Å²) in [6.45, 7) is 0. The summed E-state index contributed by atoms with van der Waals surface area (Å²) in [7, 11) is 0. The zero-order valence-corrected chi connectivity index (χ0v) is 8.04. The first-order chi connectivity index (χ1) is 4.46. The summed E-state index contributed by atoms with van der Waals surface area (Å²) in [4.78, 5) is 19.3. The van der Waals surface area contributed by atoms with E-state index in [9.17, 15) is 19.8 Å². The third-order valence-corrected chi connectivity index (χ3v) is 0.782. The summed E-state index contributed by atoms with van der Waals surface area (Å²) in [6, 6.07) is 0. The average molecular weight is 267 g/mol. The number of rotatable bonds is 3. The van der Waals surface area contributed by atoms with Gasteiger partial charge >= 0.3 is 23.9 Å². The summed E-state index contributed by atoms with van der Waals surface area (Å²) >= 11 is 0. The maximum absolute atomic E-state index is 9.63. The standard InChI is InChI=1S/C4H6O6.Sn/c5-1(3(7)8)2(6)4(9)10;/h1-2,5-6H,(H,7,8)(H,9,10);/q;+2/p-2. The predicted octanol–water partition coefficient (Wildman–Crippen LogP) is -5.17. The fourth-order valence-electron chi connectivity index (χ4n) is 0.258. The second kappa shape index (κ2) is 5.33. The number of carboxylic acid groups (broad SMARTS) is 2. The molecule has 0 heterocycles. The van der Waals surface area contributed by atoms with Crippen molar-refractivity contribution in [3.05, 3.63) is 0 Å². The van der Waals surface area contributed by atoms with Gasteiger partial charge in [0.15, 0.2) is 0 Å². The number of carbonyl (C=O) groups excluding carboxylic acids is 2. The minimum absolute atomic E-state index is 0. The minimum Gasteiger partial charge on any atom is -0.547 e. The molecule has 2 atom stereocenters. The molecule has 0 amide bonds. The largest absolute Gasteiger partial charge is 2.00 e. The van der Waals surface area contributed by atoms with Crippen molar-refractivity contribution < 1.29 is 30.0 Å². The quantitative estimate of drug-likeness (QED) is 0.493. The molecule has 2 unspecified atom stereocenters. The topological polar surface area (TPSA) is 121 Å². The van der Waals surface area contributed by atoms with Gasteiger partial charge in [0.25, 0.3) is 0 Å². The molecule has 0 aliphatic rings. The summed E-state index contributed by atoms with van der Waals surface area (Å²) < 4.78 is 0. The monoisotopic (exact) mass is 268 g/mol. The summed E-state index contributed by atoms with van der Waals surface area (Å²) in [5, 5.41) is 35.7. The molecule has 0 aliphatic heterocycles. The Morgan fingerprint density at radius 3 is 1.27 bits per heavy atom. The number of aliphatic hydroxyl groups is 2. The molecule has 0 rings (SSSR count). The first kappa shape index (κ1) is 13.3. The van der Waals surface area contributed by atoms with Crippen LogP contribution in [0.5, 0.6) is 0 Å². The van der Waals surface area contributed by atoms with Gasteiger partial charge in [-0.1, -0.05) is 0 Å². The van der Waals surface area contributed by atoms with E-state index in [1.165, 1.54) is 0 Å². The Morgan fingerprint density at radius 2 is 1.18 bits per heavy atom. The molecule has 7 heteroatoms. The van der Waals surface area contributed by atoms with Crippen LogP contribution in [0.4, 0.5) is 0 Å². The predicted molar refractivity (Wildman–Crippen MR) is 27.8 cm³/mol. The first-order valence-electron chi connectivity index (χ1n) is 2.24. The van der Waals surface area contributed by atoms with E-state index in [-0.39, 0.29) is 23.9 Å². The SMILES string of the molecule is O=C([O-])C(O)C(O)C(=O)[O-].[Sn+2]. The zero-order chi connectivity index (χ0) is 8.31. The van der Waals surface area contributed by atoms with Crippen molar-refractivity contribution in [2.24, 2.45) is 0 Å². The van der Waals surface area contributed by atoms with Crippen LogP contribution < -0.4 is 10.2 Å². The van der Waals surface area contributed by atoms with Crippen LogP contribution in [0.15, 0.2) is 0 Å². The van der Waals surface area contributed by atoms with Crippen molar-refractivity contribution in [2.45, 2.75) is 12.2 Å². The van der Waals surface area contributed by atoms with Crippen LogP contribution in [-0.2, 0) is 9.59 Å². The van der Waals surface area contributed by atoms with Crippen LogP contribution in [-0.4, -0.2) is 58.3 Å². The van der Waals surface area contributed by atoms with Crippen LogP contribution in [0.1, 0.15) is 0 Å². The van der Waals surface area contributed by atoms with Crippen LogP contribution in [0, 0.1) is 0 Å². The van der Waals surface area contributed by atoms with Gasteiger partial charge in [0, 0.05) is 0 Å². The average Bonchev–Trinajstić information content (AvgIpc) is 1.84. The van der Waals surface area contributed by atoms with Gasteiger partial charge in [0.05, 0.1) is 11.9 Å². The third-order valence-electron chi connectivity index (χ3n) is 0.782. The molecule has 2 N–H and O–H groups in total. The van der Waals surface area contributed by atoms with Gasteiger partial charge in [-0.25, -0.2) is 0 Å². The van der Waals surface area contributed by atoms with Crippen molar-refractivity contribution in [1.29, 1.82) is 0 Å². The molecule has 60 valence electrons. The summed E-state index contributed by atoms with van der Waals surface area (Å²) in [5.41, 5.74) is 0. The van der Waals surface area contributed by atoms with Gasteiger partial charge in [0.2, 0.25) is 0 Å². The molecule has 0 aliphatic carbocycles. The van der Waals surface area contributed by atoms with E-state index in [2.05, 4.69) is 0 Å². The van der Waals surface area contributed by atoms with E-state index < -0.39 is 24.1 Å². The molecule has 0 saturated carbocycles. The molecule has 2 radical (unpaired) electrons. The Morgan fingerprint density at radius 1 is 1.00 bits per heavy atom. The molecular formula is C4H4O6Sn. The van der Waals surface area contributed by atoms with Gasteiger partial charge < -0.3 is 30.0 Å². The number of aliphatic hydroxyl groups excluding tert-OH is 2. The van der Waals surface area contributed by atoms with Crippen molar-refractivity contribution in [3.63, 3.8) is 0 Å². The van der Waals surface area contributed by atoms with E-state index in [0.29, 0.717) is 0 Å². The van der Waals surface area contributed by atoms with Gasteiger partial charge in [-0.3, -0.25) is 0 Å². The Hall–Kier alpha value is -0.341. The Labute approximate surface area is 78.4 Å². The first-order valence-corrected chi connectivity index (χ1v) is 2.24. The normalized spacial score (nSPS) is 14.4. The Bertz CT molecular complexity index is 139. The smallest absolute Gasteiger partial charge is 0.547 e. The van der Waals surface area contributed by atoms with E-state index >= 15 is 0 Å². The summed E-state index contributed by atoms with van der Waals surface area (Å²) in [5.74, 6) is -4.12. The number of hydrogen-bond acceptors (Lipinski definition) is 6. The fraction of sp³-hybridized carbons (Fsp3) is 0.500. The van der Waals surface area contributed by atoms with Gasteiger partial charge in [-0.15, -0.1) is 0 Å². The number of aliphatic carboxylic acids is 2. The van der Waals surface area contributed by atoms with Gasteiger partial charge in [0.1, 0.15) is 12.2 Å². The van der Waals surface area contributed by atoms with Crippen LogP contribution in [0.3, 0.4) is 0 Å². The molecule has 6 nitrogen and oxygen atoms in total. The van der Waals surface area contributed by atoms with Crippen molar-refractivity contribution in [2.75, 3.05) is 0 Å². The van der Waals surface area contributed by atoms with Crippen LogP contribution in [0.2, 0.25) is 0 Å². The van der Waals surface area contributed by atoms with Crippen molar-refractivity contribution in [1.82, 2.24) is 0 Å². The van der Waals surface area contributed by atoms with E-state index in [1.54, 1.807) is 0 Å². The molecule has 0 aromatic carbocycles. The van der Waals surface area contributed by atoms with Crippen LogP contribution in [0.25, 0.3) is 0 Å². The fourth-order valence-corrected chi connectivity index (χ4v) is 0.258. The maximum Gasteiger partial charge on any atom is 2.00 e. The van der Waals surface area contributed by atoms with E-state index in [1.807, 2.05) is 0 Å². The molecule has 0 aromatic heterocycles. The minimum atomic E-state index is -2.44. The third kappa shape index (κ3) is 4.17. The number of carboxylic acids is 2. The number of carbonyl (C=O) groups is 2. The molecule has 11 heavy (non-hydrogen) atoms. The van der Waals surface area contributed by atoms with Gasteiger partial charge in [-0.2, -0.15) is 0 Å². The Kier molecular flexibility index (Phi) is 6.42. The molecule has 0 fully saturated rings. The molecule has 0 saturated heterocycles. The summed E-state index contributed by atoms with van der Waals surface area (Å²) in [6.07, 6.45) is -4.88.